The van der Waals surface area contributed by atoms with Crippen LogP contribution in [0.1, 0.15) is 13.8 Å². The second kappa shape index (κ2) is 4.61. The predicted octanol–water partition coefficient (Wildman–Crippen LogP) is -0.558. The maximum Gasteiger partial charge on any atom is 0.308 e. The number of hydrogen-bond donors (Lipinski definition) is 2. The molecule has 0 spiro atoms. The zero-order valence-corrected chi connectivity index (χ0v) is 10.3. The number of carboxylic acid groups (broad SMARTS) is 2. The van der Waals surface area contributed by atoms with Crippen LogP contribution in [0.4, 0.5) is 0 Å². The lowest BCUT2D eigenvalue weighted by atomic mass is 9.97. The minimum Gasteiger partial charge on any atom is -0.481 e. The number of hydrogen-bond acceptors (Lipinski definition) is 4. The number of sulfonamides is 1. The molecule has 0 aliphatic carbocycles. The summed E-state index contributed by atoms with van der Waals surface area (Å²) >= 11 is 0. The third-order valence-electron chi connectivity index (χ3n) is 2.88. The molecule has 0 bridgehead atoms. The lowest BCUT2D eigenvalue weighted by molar-refractivity contribution is -0.151. The van der Waals surface area contributed by atoms with E-state index in [1.807, 2.05) is 0 Å². The molecule has 1 fully saturated rings. The monoisotopic (exact) mass is 265 g/mol. The van der Waals surface area contributed by atoms with Crippen molar-refractivity contribution in [3.05, 3.63) is 0 Å². The Hall–Kier alpha value is -1.15. The van der Waals surface area contributed by atoms with Gasteiger partial charge in [0.15, 0.2) is 0 Å². The summed E-state index contributed by atoms with van der Waals surface area (Å²) in [5.74, 6) is -4.92. The lowest BCUT2D eigenvalue weighted by Crippen LogP contribution is -2.35. The highest BCUT2D eigenvalue weighted by molar-refractivity contribution is 7.89. The van der Waals surface area contributed by atoms with Crippen molar-refractivity contribution in [1.29, 1.82) is 0 Å². The van der Waals surface area contributed by atoms with E-state index in [9.17, 15) is 18.0 Å². The molecule has 0 unspecified atom stereocenters. The maximum atomic E-state index is 11.8. The highest BCUT2D eigenvalue weighted by Crippen LogP contribution is 2.27. The molecule has 1 rings (SSSR count). The molecule has 17 heavy (non-hydrogen) atoms. The summed E-state index contributed by atoms with van der Waals surface area (Å²) in [6.45, 7) is 2.40. The van der Waals surface area contributed by atoms with Crippen LogP contribution in [0.5, 0.6) is 0 Å². The van der Waals surface area contributed by atoms with Crippen molar-refractivity contribution in [3.63, 3.8) is 0 Å². The van der Waals surface area contributed by atoms with Crippen LogP contribution in [-0.4, -0.2) is 53.2 Å². The van der Waals surface area contributed by atoms with Crippen molar-refractivity contribution in [2.45, 2.75) is 19.1 Å². The summed E-state index contributed by atoms with van der Waals surface area (Å²) in [6, 6.07) is 0. The van der Waals surface area contributed by atoms with Crippen LogP contribution in [0.15, 0.2) is 0 Å². The van der Waals surface area contributed by atoms with Gasteiger partial charge < -0.3 is 10.2 Å². The fraction of sp³-hybridized carbons (Fsp3) is 0.778. The number of aliphatic carboxylic acids is 2. The molecule has 0 aromatic carbocycles. The highest BCUT2D eigenvalue weighted by Gasteiger charge is 2.46. The molecule has 0 radical (unpaired) electrons. The molecule has 1 aliphatic heterocycles. The standard InChI is InChI=1S/C9H15NO6S/c1-5(2)17(15,16)10-3-6(8(11)12)7(4-10)9(13)14/h5-7H,3-4H2,1-2H3,(H,11,12)(H,13,14)/t6-,7-/m0/s1. The van der Waals surface area contributed by atoms with E-state index in [4.69, 9.17) is 10.2 Å². The van der Waals surface area contributed by atoms with Gasteiger partial charge in [0.25, 0.3) is 0 Å². The van der Waals surface area contributed by atoms with E-state index >= 15 is 0 Å². The fourth-order valence-electron chi connectivity index (χ4n) is 1.77. The van der Waals surface area contributed by atoms with Gasteiger partial charge in [-0.15, -0.1) is 0 Å². The van der Waals surface area contributed by atoms with Gasteiger partial charge in [-0.2, -0.15) is 4.31 Å². The van der Waals surface area contributed by atoms with Crippen LogP contribution in [0.3, 0.4) is 0 Å². The Kier molecular flexibility index (Phi) is 3.78. The first-order chi connectivity index (χ1) is 7.67. The largest absolute Gasteiger partial charge is 0.481 e. The quantitative estimate of drug-likeness (QED) is 0.704. The van der Waals surface area contributed by atoms with Crippen molar-refractivity contribution in [2.75, 3.05) is 13.1 Å². The summed E-state index contributed by atoms with van der Waals surface area (Å²) in [6.07, 6.45) is 0. The summed E-state index contributed by atoms with van der Waals surface area (Å²) in [5, 5.41) is 17.0. The third kappa shape index (κ3) is 2.58. The summed E-state index contributed by atoms with van der Waals surface area (Å²) in [7, 11) is -3.60. The maximum absolute atomic E-state index is 11.8. The summed E-state index contributed by atoms with van der Waals surface area (Å²) < 4.78 is 24.6. The van der Waals surface area contributed by atoms with E-state index in [2.05, 4.69) is 0 Å². The lowest BCUT2D eigenvalue weighted by Gasteiger charge is -2.18. The van der Waals surface area contributed by atoms with Gasteiger partial charge in [-0.05, 0) is 13.8 Å². The number of carboxylic acids is 2. The van der Waals surface area contributed by atoms with Crippen LogP contribution in [-0.2, 0) is 19.6 Å². The van der Waals surface area contributed by atoms with Crippen molar-refractivity contribution in [1.82, 2.24) is 4.31 Å². The first kappa shape index (κ1) is 13.9. The SMILES string of the molecule is CC(C)S(=O)(=O)N1C[C@H](C(=O)O)[C@@H](C(=O)O)C1. The fourth-order valence-corrected chi connectivity index (χ4v) is 3.11. The molecule has 0 saturated carbocycles. The van der Waals surface area contributed by atoms with Crippen LogP contribution in [0.25, 0.3) is 0 Å². The molecular weight excluding hydrogens is 250 g/mol. The minimum absolute atomic E-state index is 0.271. The molecule has 1 aliphatic rings. The Labute approximate surface area is 99.1 Å². The normalized spacial score (nSPS) is 26.3. The van der Waals surface area contributed by atoms with Gasteiger partial charge in [-0.25, -0.2) is 8.42 Å². The molecular formula is C9H15NO6S. The van der Waals surface area contributed by atoms with E-state index in [1.165, 1.54) is 13.8 Å². The topological polar surface area (TPSA) is 112 Å². The Morgan fingerprint density at radius 3 is 1.71 bits per heavy atom. The molecule has 1 saturated heterocycles. The second-order valence-corrected chi connectivity index (χ2v) is 6.79. The number of nitrogens with zero attached hydrogens (tertiary/aromatic N) is 1. The smallest absolute Gasteiger partial charge is 0.308 e. The molecule has 2 N–H and O–H groups in total. The molecule has 8 heteroatoms. The molecule has 0 amide bonds. The van der Waals surface area contributed by atoms with Gasteiger partial charge in [0.1, 0.15) is 0 Å². The molecule has 0 aromatic rings. The zero-order chi connectivity index (χ0) is 13.4. The van der Waals surface area contributed by atoms with Crippen molar-refractivity contribution in [2.24, 2.45) is 11.8 Å². The average molecular weight is 265 g/mol. The number of carbonyl (C=O) groups is 2. The van der Waals surface area contributed by atoms with E-state index in [0.717, 1.165) is 4.31 Å². The van der Waals surface area contributed by atoms with Gasteiger partial charge in [0, 0.05) is 13.1 Å². The Morgan fingerprint density at radius 2 is 1.47 bits per heavy atom. The summed E-state index contributed by atoms with van der Waals surface area (Å²) in [4.78, 5) is 21.7. The molecule has 1 heterocycles. The Balaban J connectivity index is 2.98. The van der Waals surface area contributed by atoms with Crippen LogP contribution < -0.4 is 0 Å². The van der Waals surface area contributed by atoms with Gasteiger partial charge in [0.2, 0.25) is 10.0 Å². The van der Waals surface area contributed by atoms with E-state index < -0.39 is 39.0 Å². The first-order valence-corrected chi connectivity index (χ1v) is 6.62. The summed E-state index contributed by atoms with van der Waals surface area (Å²) in [5.41, 5.74) is 0. The van der Waals surface area contributed by atoms with E-state index in [0.29, 0.717) is 0 Å². The molecule has 0 aromatic heterocycles. The van der Waals surface area contributed by atoms with E-state index in [1.54, 1.807) is 0 Å². The Morgan fingerprint density at radius 1 is 1.12 bits per heavy atom. The van der Waals surface area contributed by atoms with Crippen LogP contribution in [0.2, 0.25) is 0 Å². The van der Waals surface area contributed by atoms with Crippen LogP contribution >= 0.6 is 0 Å². The molecule has 2 atom stereocenters. The van der Waals surface area contributed by atoms with Gasteiger partial charge in [-0.3, -0.25) is 9.59 Å². The third-order valence-corrected chi connectivity index (χ3v) is 5.09. The number of rotatable bonds is 4. The van der Waals surface area contributed by atoms with Gasteiger partial charge >= 0.3 is 11.9 Å². The van der Waals surface area contributed by atoms with Crippen LogP contribution in [0, 0.1) is 11.8 Å². The van der Waals surface area contributed by atoms with E-state index in [-0.39, 0.29) is 13.1 Å². The van der Waals surface area contributed by atoms with Gasteiger partial charge in [0.05, 0.1) is 17.1 Å². The van der Waals surface area contributed by atoms with Crippen molar-refractivity contribution in [3.8, 4) is 0 Å². The molecule has 98 valence electrons. The van der Waals surface area contributed by atoms with Gasteiger partial charge in [-0.1, -0.05) is 0 Å². The minimum atomic E-state index is -3.60. The molecule has 7 nitrogen and oxygen atoms in total. The van der Waals surface area contributed by atoms with Crippen molar-refractivity contribution >= 4 is 22.0 Å². The first-order valence-electron chi connectivity index (χ1n) is 5.12. The predicted molar refractivity (Wildman–Crippen MR) is 57.9 cm³/mol. The van der Waals surface area contributed by atoms with Crippen molar-refractivity contribution < 1.29 is 28.2 Å². The average Bonchev–Trinajstić information content (AvgIpc) is 2.61. The zero-order valence-electron chi connectivity index (χ0n) is 9.53. The second-order valence-electron chi connectivity index (χ2n) is 4.30. The highest BCUT2D eigenvalue weighted by atomic mass is 32.2. The Bertz CT molecular complexity index is 407.